The number of para-hydroxylation sites is 2. The van der Waals surface area contributed by atoms with Crippen LogP contribution in [0.3, 0.4) is 0 Å². The van der Waals surface area contributed by atoms with E-state index in [0.717, 1.165) is 31.5 Å². The molecule has 2 aromatic carbocycles. The monoisotopic (exact) mass is 437 g/mol. The molecule has 3 rings (SSSR count). The molecule has 31 heavy (non-hydrogen) atoms. The molecule has 1 saturated heterocycles. The van der Waals surface area contributed by atoms with E-state index in [1.165, 1.54) is 6.08 Å². The van der Waals surface area contributed by atoms with Gasteiger partial charge < -0.3 is 15.0 Å². The number of carbonyl (C=O) groups excluding carboxylic acids is 2. The highest BCUT2D eigenvalue weighted by Crippen LogP contribution is 2.22. The molecule has 6 nitrogen and oxygen atoms in total. The van der Waals surface area contributed by atoms with Crippen LogP contribution in [-0.4, -0.2) is 42.0 Å². The molecule has 0 saturated carbocycles. The number of nitrogens with zero attached hydrogens (tertiary/aromatic N) is 1. The maximum atomic E-state index is 13.0. The molecule has 0 bridgehead atoms. The van der Waals surface area contributed by atoms with Gasteiger partial charge in [-0.15, -0.1) is 0 Å². The Kier molecular flexibility index (Phi) is 7.78. The van der Waals surface area contributed by atoms with Crippen LogP contribution in [0.4, 0.5) is 5.69 Å². The highest BCUT2D eigenvalue weighted by molar-refractivity contribution is 7.80. The van der Waals surface area contributed by atoms with Crippen molar-refractivity contribution in [2.45, 2.75) is 19.8 Å². The highest BCUT2D eigenvalue weighted by Gasteiger charge is 2.23. The van der Waals surface area contributed by atoms with Gasteiger partial charge >= 0.3 is 0 Å². The molecule has 0 unspecified atom stereocenters. The van der Waals surface area contributed by atoms with Crippen molar-refractivity contribution in [3.63, 3.8) is 0 Å². The van der Waals surface area contributed by atoms with Crippen LogP contribution in [-0.2, 0) is 4.79 Å². The minimum absolute atomic E-state index is 0.0276. The standard InChI is InChI=1S/C24H27N3O3S/c1-17-13-15-27(16-14-17)23(29)19-8-4-5-9-20(19)25-24(31)26-22(28)12-11-18-7-3-6-10-21(18)30-2/h3-12,17H,13-16H2,1-2H3,(H2,25,26,28,31). The summed E-state index contributed by atoms with van der Waals surface area (Å²) in [5.74, 6) is 0.911. The van der Waals surface area contributed by atoms with Crippen molar-refractivity contribution in [2.24, 2.45) is 5.92 Å². The number of amides is 2. The van der Waals surface area contributed by atoms with Crippen molar-refractivity contribution in [3.8, 4) is 5.75 Å². The first kappa shape index (κ1) is 22.5. The third-order valence-corrected chi connectivity index (χ3v) is 5.47. The first-order valence-corrected chi connectivity index (χ1v) is 10.7. The van der Waals surface area contributed by atoms with Crippen molar-refractivity contribution >= 4 is 40.9 Å². The van der Waals surface area contributed by atoms with Crippen molar-refractivity contribution in [1.82, 2.24) is 10.2 Å². The molecule has 1 aliphatic heterocycles. The van der Waals surface area contributed by atoms with Gasteiger partial charge in [-0.1, -0.05) is 37.3 Å². The molecule has 0 aromatic heterocycles. The molecule has 2 N–H and O–H groups in total. The SMILES string of the molecule is COc1ccccc1C=CC(=O)NC(=S)Nc1ccccc1C(=O)N1CCC(C)CC1. The molecular weight excluding hydrogens is 410 g/mol. The summed E-state index contributed by atoms with van der Waals surface area (Å²) in [5.41, 5.74) is 1.90. The van der Waals surface area contributed by atoms with Crippen LogP contribution in [0, 0.1) is 5.92 Å². The van der Waals surface area contributed by atoms with Gasteiger partial charge in [0.2, 0.25) is 5.91 Å². The van der Waals surface area contributed by atoms with Gasteiger partial charge in [-0.2, -0.15) is 0 Å². The summed E-state index contributed by atoms with van der Waals surface area (Å²) >= 11 is 5.28. The molecular formula is C24H27N3O3S. The molecule has 1 fully saturated rings. The summed E-state index contributed by atoms with van der Waals surface area (Å²) in [4.78, 5) is 27.1. The van der Waals surface area contributed by atoms with Crippen molar-refractivity contribution in [2.75, 3.05) is 25.5 Å². The first-order chi connectivity index (χ1) is 15.0. The molecule has 0 atom stereocenters. The molecule has 162 valence electrons. The Labute approximate surface area is 188 Å². The quantitative estimate of drug-likeness (QED) is 0.545. The molecule has 0 radical (unpaired) electrons. The lowest BCUT2D eigenvalue weighted by Crippen LogP contribution is -2.39. The van der Waals surface area contributed by atoms with E-state index < -0.39 is 0 Å². The number of carbonyl (C=O) groups is 2. The van der Waals surface area contributed by atoms with Gasteiger partial charge in [0.15, 0.2) is 5.11 Å². The number of anilines is 1. The van der Waals surface area contributed by atoms with E-state index in [4.69, 9.17) is 17.0 Å². The Morgan fingerprint density at radius 1 is 1.10 bits per heavy atom. The number of hydrogen-bond acceptors (Lipinski definition) is 4. The number of ether oxygens (including phenoxy) is 1. The predicted octanol–water partition coefficient (Wildman–Crippen LogP) is 4.09. The number of piperidine rings is 1. The summed E-state index contributed by atoms with van der Waals surface area (Å²) in [5, 5.41) is 5.73. The van der Waals surface area contributed by atoms with Crippen LogP contribution in [0.15, 0.2) is 54.6 Å². The summed E-state index contributed by atoms with van der Waals surface area (Å²) in [7, 11) is 1.58. The van der Waals surface area contributed by atoms with Crippen LogP contribution in [0.1, 0.15) is 35.7 Å². The second-order valence-electron chi connectivity index (χ2n) is 7.54. The molecule has 2 amide bonds. The summed E-state index contributed by atoms with van der Waals surface area (Å²) < 4.78 is 5.27. The first-order valence-electron chi connectivity index (χ1n) is 10.3. The third kappa shape index (κ3) is 6.15. The average molecular weight is 438 g/mol. The number of likely N-dealkylation sites (tertiary alicyclic amines) is 1. The lowest BCUT2D eigenvalue weighted by molar-refractivity contribution is -0.115. The Morgan fingerprint density at radius 3 is 2.52 bits per heavy atom. The topological polar surface area (TPSA) is 70.7 Å². The lowest BCUT2D eigenvalue weighted by Gasteiger charge is -2.30. The number of rotatable bonds is 5. The molecule has 1 aliphatic rings. The molecule has 7 heteroatoms. The predicted molar refractivity (Wildman–Crippen MR) is 127 cm³/mol. The van der Waals surface area contributed by atoms with Crippen LogP contribution in [0.5, 0.6) is 5.75 Å². The van der Waals surface area contributed by atoms with Crippen molar-refractivity contribution in [3.05, 3.63) is 65.7 Å². The fraction of sp³-hybridized carbons (Fsp3) is 0.292. The van der Waals surface area contributed by atoms with Gasteiger partial charge in [0, 0.05) is 24.7 Å². The van der Waals surface area contributed by atoms with E-state index in [1.54, 1.807) is 25.3 Å². The number of hydrogen-bond donors (Lipinski definition) is 2. The summed E-state index contributed by atoms with van der Waals surface area (Å²) in [6.45, 7) is 3.72. The van der Waals surface area contributed by atoms with Crippen molar-refractivity contribution < 1.29 is 14.3 Å². The van der Waals surface area contributed by atoms with Crippen LogP contribution in [0.25, 0.3) is 6.08 Å². The number of methoxy groups -OCH3 is 1. The second-order valence-corrected chi connectivity index (χ2v) is 7.95. The maximum Gasteiger partial charge on any atom is 0.255 e. The minimum atomic E-state index is -0.378. The number of benzene rings is 2. The van der Waals surface area contributed by atoms with Gasteiger partial charge in [-0.05, 0) is 55.3 Å². The van der Waals surface area contributed by atoms with Gasteiger partial charge in [0.05, 0.1) is 18.4 Å². The Hall–Kier alpha value is -3.19. The Morgan fingerprint density at radius 2 is 1.77 bits per heavy atom. The summed E-state index contributed by atoms with van der Waals surface area (Å²) in [6.07, 6.45) is 5.06. The van der Waals surface area contributed by atoms with E-state index in [0.29, 0.717) is 22.9 Å². The zero-order valence-corrected chi connectivity index (χ0v) is 18.6. The normalized spacial score (nSPS) is 14.3. The number of nitrogens with one attached hydrogen (secondary N) is 2. The number of thiocarbonyl (C=S) groups is 1. The van der Waals surface area contributed by atoms with Crippen LogP contribution < -0.4 is 15.4 Å². The van der Waals surface area contributed by atoms with E-state index in [9.17, 15) is 9.59 Å². The molecule has 1 heterocycles. The molecule has 2 aromatic rings. The molecule has 0 aliphatic carbocycles. The highest BCUT2D eigenvalue weighted by atomic mass is 32.1. The van der Waals surface area contributed by atoms with E-state index in [-0.39, 0.29) is 16.9 Å². The van der Waals surface area contributed by atoms with Gasteiger partial charge in [-0.25, -0.2) is 0 Å². The Bertz CT molecular complexity index is 982. The maximum absolute atomic E-state index is 13.0. The third-order valence-electron chi connectivity index (χ3n) is 5.27. The van der Waals surface area contributed by atoms with E-state index in [2.05, 4.69) is 17.6 Å². The fourth-order valence-electron chi connectivity index (χ4n) is 3.44. The summed E-state index contributed by atoms with van der Waals surface area (Å²) in [6, 6.07) is 14.6. The zero-order valence-electron chi connectivity index (χ0n) is 17.8. The Balaban J connectivity index is 1.62. The lowest BCUT2D eigenvalue weighted by atomic mass is 9.98. The fourth-order valence-corrected chi connectivity index (χ4v) is 3.65. The van der Waals surface area contributed by atoms with Crippen LogP contribution >= 0.6 is 12.2 Å². The van der Waals surface area contributed by atoms with E-state index >= 15 is 0 Å². The minimum Gasteiger partial charge on any atom is -0.496 e. The second kappa shape index (κ2) is 10.7. The van der Waals surface area contributed by atoms with Crippen molar-refractivity contribution in [1.29, 1.82) is 0 Å². The van der Waals surface area contributed by atoms with Gasteiger partial charge in [-0.3, -0.25) is 14.9 Å². The smallest absolute Gasteiger partial charge is 0.255 e. The van der Waals surface area contributed by atoms with E-state index in [1.807, 2.05) is 41.3 Å². The molecule has 0 spiro atoms. The van der Waals surface area contributed by atoms with Crippen LogP contribution in [0.2, 0.25) is 0 Å². The largest absolute Gasteiger partial charge is 0.496 e. The van der Waals surface area contributed by atoms with Gasteiger partial charge in [0.1, 0.15) is 5.75 Å². The zero-order chi connectivity index (χ0) is 22.2. The van der Waals surface area contributed by atoms with Gasteiger partial charge in [0.25, 0.3) is 5.91 Å². The average Bonchev–Trinajstić information content (AvgIpc) is 2.78.